The molecule has 17 heavy (non-hydrogen) atoms. The lowest BCUT2D eigenvalue weighted by Crippen LogP contribution is -2.04. The number of aromatic nitrogens is 1. The second kappa shape index (κ2) is 3.82. The third kappa shape index (κ3) is 1.76. The average molecular weight is 242 g/mol. The van der Waals surface area contributed by atoms with E-state index in [2.05, 4.69) is 28.5 Å². The first kappa shape index (κ1) is 10.2. The number of hydrogen-bond acceptors (Lipinski definition) is 3. The lowest BCUT2D eigenvalue weighted by atomic mass is 10.1. The molecule has 1 aromatic heterocycles. The molecule has 0 fully saturated rings. The van der Waals surface area contributed by atoms with Crippen LogP contribution in [0.2, 0.25) is 0 Å². The van der Waals surface area contributed by atoms with Gasteiger partial charge in [-0.25, -0.2) is 4.98 Å². The monoisotopic (exact) mass is 242 g/mol. The van der Waals surface area contributed by atoms with Crippen LogP contribution in [0.25, 0.3) is 21.0 Å². The molecule has 1 amide bonds. The van der Waals surface area contributed by atoms with Crippen LogP contribution in [0.5, 0.6) is 0 Å². The average Bonchev–Trinajstić information content (AvgIpc) is 2.70. The molecule has 0 saturated heterocycles. The van der Waals surface area contributed by atoms with Gasteiger partial charge in [-0.2, -0.15) is 0 Å². The van der Waals surface area contributed by atoms with E-state index in [0.29, 0.717) is 5.13 Å². The molecule has 3 nitrogen and oxygen atoms in total. The van der Waals surface area contributed by atoms with Crippen LogP contribution >= 0.6 is 11.3 Å². The van der Waals surface area contributed by atoms with E-state index < -0.39 is 0 Å². The van der Waals surface area contributed by atoms with E-state index in [1.54, 1.807) is 0 Å². The van der Waals surface area contributed by atoms with Crippen molar-refractivity contribution in [3.8, 4) is 0 Å². The standard InChI is InChI=1S/C13H10N2OS/c1-8(16)14-13-15-11-7-6-9-4-2-3-5-10(9)12(11)17-13/h2-7H,1H3,(H,14,15,16). The minimum Gasteiger partial charge on any atom is -0.302 e. The van der Waals surface area contributed by atoms with E-state index in [1.807, 2.05) is 18.2 Å². The summed E-state index contributed by atoms with van der Waals surface area (Å²) in [6.07, 6.45) is 0. The lowest BCUT2D eigenvalue weighted by molar-refractivity contribution is -0.114. The van der Waals surface area contributed by atoms with Crippen molar-refractivity contribution in [1.82, 2.24) is 4.98 Å². The van der Waals surface area contributed by atoms with Crippen molar-refractivity contribution in [3.05, 3.63) is 36.4 Å². The number of amides is 1. The molecular formula is C13H10N2OS. The van der Waals surface area contributed by atoms with Gasteiger partial charge in [-0.05, 0) is 11.5 Å². The van der Waals surface area contributed by atoms with Gasteiger partial charge in [0.25, 0.3) is 0 Å². The van der Waals surface area contributed by atoms with Crippen molar-refractivity contribution >= 4 is 43.4 Å². The maximum absolute atomic E-state index is 11.0. The fourth-order valence-electron chi connectivity index (χ4n) is 1.86. The molecule has 84 valence electrons. The zero-order valence-corrected chi connectivity index (χ0v) is 10.0. The van der Waals surface area contributed by atoms with Gasteiger partial charge in [-0.15, -0.1) is 0 Å². The van der Waals surface area contributed by atoms with Crippen LogP contribution in [0.15, 0.2) is 36.4 Å². The summed E-state index contributed by atoms with van der Waals surface area (Å²) in [6, 6.07) is 12.2. The minimum atomic E-state index is -0.0895. The van der Waals surface area contributed by atoms with Crippen molar-refractivity contribution < 1.29 is 4.79 Å². The Labute approximate surface area is 102 Å². The minimum absolute atomic E-state index is 0.0895. The second-order valence-corrected chi connectivity index (χ2v) is 4.83. The Morgan fingerprint density at radius 3 is 2.88 bits per heavy atom. The molecule has 4 heteroatoms. The summed E-state index contributed by atoms with van der Waals surface area (Å²) in [5.41, 5.74) is 0.928. The molecule has 0 radical (unpaired) electrons. The highest BCUT2D eigenvalue weighted by atomic mass is 32.1. The highest BCUT2D eigenvalue weighted by Crippen LogP contribution is 2.32. The zero-order valence-electron chi connectivity index (χ0n) is 9.23. The van der Waals surface area contributed by atoms with Gasteiger partial charge in [-0.1, -0.05) is 41.7 Å². The third-order valence-electron chi connectivity index (χ3n) is 2.56. The Balaban J connectivity index is 2.27. The van der Waals surface area contributed by atoms with Gasteiger partial charge < -0.3 is 5.32 Å². The van der Waals surface area contributed by atoms with Crippen molar-refractivity contribution in [3.63, 3.8) is 0 Å². The lowest BCUT2D eigenvalue weighted by Gasteiger charge is -1.96. The predicted octanol–water partition coefficient (Wildman–Crippen LogP) is 3.41. The van der Waals surface area contributed by atoms with Gasteiger partial charge >= 0.3 is 0 Å². The molecule has 0 bridgehead atoms. The molecule has 0 saturated carbocycles. The number of nitrogens with one attached hydrogen (secondary N) is 1. The van der Waals surface area contributed by atoms with Crippen LogP contribution in [0.3, 0.4) is 0 Å². The van der Waals surface area contributed by atoms with Gasteiger partial charge in [0.2, 0.25) is 5.91 Å². The van der Waals surface area contributed by atoms with Crippen molar-refractivity contribution in [2.24, 2.45) is 0 Å². The summed E-state index contributed by atoms with van der Waals surface area (Å²) in [5.74, 6) is -0.0895. The molecule has 0 unspecified atom stereocenters. The quantitative estimate of drug-likeness (QED) is 0.710. The van der Waals surface area contributed by atoms with Gasteiger partial charge in [0, 0.05) is 12.3 Å². The van der Waals surface area contributed by atoms with Gasteiger partial charge in [0.05, 0.1) is 10.2 Å². The molecule has 0 aliphatic carbocycles. The number of carbonyl (C=O) groups is 1. The molecule has 3 rings (SSSR count). The van der Waals surface area contributed by atoms with Crippen LogP contribution in [-0.4, -0.2) is 10.9 Å². The van der Waals surface area contributed by atoms with Gasteiger partial charge in [0.1, 0.15) is 0 Å². The van der Waals surface area contributed by atoms with Crippen LogP contribution in [0.1, 0.15) is 6.92 Å². The van der Waals surface area contributed by atoms with Crippen LogP contribution in [0, 0.1) is 0 Å². The molecule has 2 aromatic carbocycles. The molecule has 1 N–H and O–H groups in total. The number of carbonyl (C=O) groups excluding carboxylic acids is 1. The summed E-state index contributed by atoms with van der Waals surface area (Å²) in [4.78, 5) is 15.4. The normalized spacial score (nSPS) is 10.9. The van der Waals surface area contributed by atoms with Crippen molar-refractivity contribution in [1.29, 1.82) is 0 Å². The number of fused-ring (bicyclic) bond motifs is 3. The molecule has 1 heterocycles. The van der Waals surface area contributed by atoms with Gasteiger partial charge in [0.15, 0.2) is 5.13 Å². The highest BCUT2D eigenvalue weighted by Gasteiger charge is 2.07. The maximum Gasteiger partial charge on any atom is 0.223 e. The Bertz CT molecular complexity index is 718. The number of nitrogens with zero attached hydrogens (tertiary/aromatic N) is 1. The Morgan fingerprint density at radius 2 is 2.06 bits per heavy atom. The van der Waals surface area contributed by atoms with Crippen molar-refractivity contribution in [2.45, 2.75) is 6.92 Å². The number of hydrogen-bond donors (Lipinski definition) is 1. The topological polar surface area (TPSA) is 42.0 Å². The molecule has 3 aromatic rings. The van der Waals surface area contributed by atoms with E-state index in [4.69, 9.17) is 0 Å². The number of rotatable bonds is 1. The van der Waals surface area contributed by atoms with E-state index in [1.165, 1.54) is 29.0 Å². The number of benzene rings is 2. The first-order valence-electron chi connectivity index (χ1n) is 5.30. The SMILES string of the molecule is CC(=O)Nc1nc2ccc3ccccc3c2s1. The first-order valence-corrected chi connectivity index (χ1v) is 6.11. The van der Waals surface area contributed by atoms with E-state index in [0.717, 1.165) is 10.2 Å². The van der Waals surface area contributed by atoms with E-state index in [9.17, 15) is 4.79 Å². The highest BCUT2D eigenvalue weighted by molar-refractivity contribution is 7.23. The van der Waals surface area contributed by atoms with Gasteiger partial charge in [-0.3, -0.25) is 4.79 Å². The van der Waals surface area contributed by atoms with E-state index >= 15 is 0 Å². The summed E-state index contributed by atoms with van der Waals surface area (Å²) in [5, 5.41) is 5.76. The third-order valence-corrected chi connectivity index (χ3v) is 3.58. The maximum atomic E-state index is 11.0. The van der Waals surface area contributed by atoms with E-state index in [-0.39, 0.29) is 5.91 Å². The number of thiazole rings is 1. The number of anilines is 1. The fourth-order valence-corrected chi connectivity index (χ4v) is 2.91. The zero-order chi connectivity index (χ0) is 11.8. The Morgan fingerprint density at radius 1 is 1.24 bits per heavy atom. The Kier molecular flexibility index (Phi) is 2.30. The summed E-state index contributed by atoms with van der Waals surface area (Å²) >= 11 is 1.51. The predicted molar refractivity (Wildman–Crippen MR) is 71.4 cm³/mol. The van der Waals surface area contributed by atoms with Crippen molar-refractivity contribution in [2.75, 3.05) is 5.32 Å². The molecule has 0 spiro atoms. The Hall–Kier alpha value is -1.94. The van der Waals surface area contributed by atoms with Crippen LogP contribution < -0.4 is 5.32 Å². The smallest absolute Gasteiger partial charge is 0.223 e. The largest absolute Gasteiger partial charge is 0.302 e. The fraction of sp³-hybridized carbons (Fsp3) is 0.0769. The molecule has 0 aliphatic rings. The van der Waals surface area contributed by atoms with Crippen LogP contribution in [0.4, 0.5) is 5.13 Å². The summed E-state index contributed by atoms with van der Waals surface area (Å²) in [7, 11) is 0. The second-order valence-electron chi connectivity index (χ2n) is 3.84. The molecule has 0 atom stereocenters. The first-order chi connectivity index (χ1) is 8.24. The molecular weight excluding hydrogens is 232 g/mol. The summed E-state index contributed by atoms with van der Waals surface area (Å²) in [6.45, 7) is 1.49. The summed E-state index contributed by atoms with van der Waals surface area (Å²) < 4.78 is 1.12. The molecule has 0 aliphatic heterocycles. The van der Waals surface area contributed by atoms with Crippen LogP contribution in [-0.2, 0) is 4.79 Å².